The number of methoxy groups -OCH3 is 1. The third kappa shape index (κ3) is 4.65. The van der Waals surface area contributed by atoms with Gasteiger partial charge in [-0.25, -0.2) is 9.59 Å². The summed E-state index contributed by atoms with van der Waals surface area (Å²) >= 11 is 0. The molecule has 1 aliphatic carbocycles. The van der Waals surface area contributed by atoms with E-state index in [-0.39, 0.29) is 18.5 Å². The van der Waals surface area contributed by atoms with Gasteiger partial charge in [0.25, 0.3) is 0 Å². The van der Waals surface area contributed by atoms with Crippen LogP contribution in [0.5, 0.6) is 0 Å². The Morgan fingerprint density at radius 2 is 1.53 bits per heavy atom. The highest BCUT2D eigenvalue weighted by Crippen LogP contribution is 2.44. The van der Waals surface area contributed by atoms with Crippen molar-refractivity contribution in [2.45, 2.75) is 12.3 Å². The molecule has 3 aromatic rings. The van der Waals surface area contributed by atoms with E-state index in [2.05, 4.69) is 46.2 Å². The van der Waals surface area contributed by atoms with Crippen LogP contribution in [0.1, 0.15) is 39.4 Å². The van der Waals surface area contributed by atoms with Crippen molar-refractivity contribution in [3.63, 3.8) is 0 Å². The molecular formula is C27H23NO4. The predicted octanol–water partition coefficient (Wildman–Crippen LogP) is 4.75. The summed E-state index contributed by atoms with van der Waals surface area (Å²) in [7, 11) is 1.35. The van der Waals surface area contributed by atoms with E-state index in [4.69, 9.17) is 4.74 Å². The average molecular weight is 425 g/mol. The van der Waals surface area contributed by atoms with Gasteiger partial charge in [-0.1, -0.05) is 60.4 Å². The second-order valence-corrected chi connectivity index (χ2v) is 7.37. The number of rotatable bonds is 5. The van der Waals surface area contributed by atoms with Gasteiger partial charge in [-0.05, 0) is 46.5 Å². The van der Waals surface area contributed by atoms with E-state index in [0.717, 1.165) is 5.56 Å². The van der Waals surface area contributed by atoms with Crippen LogP contribution in [0.15, 0.2) is 72.8 Å². The minimum absolute atomic E-state index is 0.0425. The number of carbonyl (C=O) groups is 2. The maximum atomic E-state index is 12.2. The number of hydrogen-bond acceptors (Lipinski definition) is 4. The van der Waals surface area contributed by atoms with Crippen molar-refractivity contribution < 1.29 is 19.1 Å². The lowest BCUT2D eigenvalue weighted by atomic mass is 9.98. The molecule has 0 spiro atoms. The fourth-order valence-corrected chi connectivity index (χ4v) is 3.85. The Hall–Kier alpha value is -4.04. The van der Waals surface area contributed by atoms with Gasteiger partial charge in [-0.3, -0.25) is 0 Å². The molecule has 0 heterocycles. The van der Waals surface area contributed by atoms with E-state index < -0.39 is 6.09 Å². The summed E-state index contributed by atoms with van der Waals surface area (Å²) in [6, 6.07) is 23.3. The van der Waals surface area contributed by atoms with Gasteiger partial charge in [0.15, 0.2) is 0 Å². The van der Waals surface area contributed by atoms with Crippen LogP contribution in [-0.2, 0) is 9.47 Å². The number of amides is 1. The highest BCUT2D eigenvalue weighted by molar-refractivity contribution is 5.89. The fraction of sp³-hybridized carbons (Fsp3) is 0.185. The number of fused-ring (bicyclic) bond motifs is 3. The molecule has 0 aromatic heterocycles. The normalized spacial score (nSPS) is 11.5. The number of carbonyl (C=O) groups excluding carboxylic acids is 2. The van der Waals surface area contributed by atoms with Gasteiger partial charge in [-0.2, -0.15) is 0 Å². The highest BCUT2D eigenvalue weighted by atomic mass is 16.5. The Labute approximate surface area is 187 Å². The van der Waals surface area contributed by atoms with Crippen molar-refractivity contribution in [3.8, 4) is 23.0 Å². The summed E-state index contributed by atoms with van der Waals surface area (Å²) in [5.74, 6) is 5.68. The van der Waals surface area contributed by atoms with Crippen molar-refractivity contribution in [1.82, 2.24) is 5.32 Å². The first-order valence-electron chi connectivity index (χ1n) is 10.4. The average Bonchev–Trinajstić information content (AvgIpc) is 3.16. The molecular weight excluding hydrogens is 402 g/mol. The van der Waals surface area contributed by atoms with E-state index in [9.17, 15) is 9.59 Å². The second kappa shape index (κ2) is 9.84. The third-order valence-electron chi connectivity index (χ3n) is 5.40. The molecule has 3 aromatic carbocycles. The van der Waals surface area contributed by atoms with Crippen molar-refractivity contribution >= 4 is 12.1 Å². The Kier molecular flexibility index (Phi) is 6.52. The summed E-state index contributed by atoms with van der Waals surface area (Å²) < 4.78 is 10.2. The molecule has 0 saturated heterocycles. The predicted molar refractivity (Wildman–Crippen MR) is 122 cm³/mol. The maximum absolute atomic E-state index is 12.2. The van der Waals surface area contributed by atoms with Crippen LogP contribution in [0.3, 0.4) is 0 Å². The SMILES string of the molecule is COC(=O)c1ccc(C#CCCNC(=O)OCC2c3ccccc3-c3ccccc32)cc1. The standard InChI is InChI=1S/C27H23NO4/c1-31-26(29)20-15-13-19(14-16-20)8-6-7-17-28-27(30)32-18-25-23-11-4-2-9-21(23)22-10-3-5-12-24(22)25/h2-5,9-16,25H,7,17-18H2,1H3,(H,28,30). The van der Waals surface area contributed by atoms with Crippen LogP contribution in [0, 0.1) is 11.8 Å². The molecule has 0 atom stereocenters. The number of ether oxygens (including phenoxy) is 2. The monoisotopic (exact) mass is 425 g/mol. The zero-order chi connectivity index (χ0) is 22.3. The first kappa shape index (κ1) is 21.2. The molecule has 1 aliphatic rings. The summed E-state index contributed by atoms with van der Waals surface area (Å²) in [6.07, 6.45) is 0.0410. The number of alkyl carbamates (subject to hydrolysis) is 1. The fourth-order valence-electron chi connectivity index (χ4n) is 3.85. The second-order valence-electron chi connectivity index (χ2n) is 7.37. The van der Waals surface area contributed by atoms with Crippen molar-refractivity contribution in [2.24, 2.45) is 0 Å². The summed E-state index contributed by atoms with van der Waals surface area (Å²) in [5.41, 5.74) is 6.05. The molecule has 0 radical (unpaired) electrons. The van der Waals surface area contributed by atoms with Crippen LogP contribution >= 0.6 is 0 Å². The first-order chi connectivity index (χ1) is 15.7. The molecule has 32 heavy (non-hydrogen) atoms. The number of hydrogen-bond donors (Lipinski definition) is 1. The van der Waals surface area contributed by atoms with Gasteiger partial charge in [0.1, 0.15) is 6.61 Å². The van der Waals surface area contributed by atoms with Crippen LogP contribution in [-0.4, -0.2) is 32.3 Å². The maximum Gasteiger partial charge on any atom is 0.407 e. The minimum Gasteiger partial charge on any atom is -0.465 e. The molecule has 4 rings (SSSR count). The molecule has 5 nitrogen and oxygen atoms in total. The number of benzene rings is 3. The Morgan fingerprint density at radius 1 is 0.906 bits per heavy atom. The van der Waals surface area contributed by atoms with Crippen LogP contribution in [0.4, 0.5) is 4.79 Å². The molecule has 0 unspecified atom stereocenters. The van der Waals surface area contributed by atoms with Gasteiger partial charge >= 0.3 is 12.1 Å². The smallest absolute Gasteiger partial charge is 0.407 e. The molecule has 160 valence electrons. The molecule has 1 amide bonds. The molecule has 0 saturated carbocycles. The topological polar surface area (TPSA) is 64.6 Å². The Morgan fingerprint density at radius 3 is 2.16 bits per heavy atom. The largest absolute Gasteiger partial charge is 0.465 e. The quantitative estimate of drug-likeness (QED) is 0.364. The van der Waals surface area contributed by atoms with Crippen molar-refractivity contribution in [1.29, 1.82) is 0 Å². The highest BCUT2D eigenvalue weighted by Gasteiger charge is 2.28. The van der Waals surface area contributed by atoms with Crippen LogP contribution < -0.4 is 5.32 Å². The molecule has 0 fully saturated rings. The molecule has 1 N–H and O–H groups in total. The van der Waals surface area contributed by atoms with Crippen molar-refractivity contribution in [3.05, 3.63) is 95.1 Å². The Balaban J connectivity index is 1.25. The van der Waals surface area contributed by atoms with Gasteiger partial charge in [0.05, 0.1) is 12.7 Å². The van der Waals surface area contributed by atoms with Gasteiger partial charge < -0.3 is 14.8 Å². The zero-order valence-electron chi connectivity index (χ0n) is 17.8. The van der Waals surface area contributed by atoms with E-state index >= 15 is 0 Å². The number of esters is 1. The molecule has 5 heteroatoms. The van der Waals surface area contributed by atoms with Gasteiger partial charge in [0, 0.05) is 24.4 Å². The molecule has 0 aliphatic heterocycles. The lowest BCUT2D eigenvalue weighted by Gasteiger charge is -2.14. The number of nitrogens with one attached hydrogen (secondary N) is 1. The lowest BCUT2D eigenvalue weighted by Crippen LogP contribution is -2.26. The lowest BCUT2D eigenvalue weighted by molar-refractivity contribution is 0.0600. The van der Waals surface area contributed by atoms with E-state index in [1.807, 2.05) is 24.3 Å². The summed E-state index contributed by atoms with van der Waals surface area (Å²) in [4.78, 5) is 23.6. The minimum atomic E-state index is -0.448. The Bertz CT molecular complexity index is 1140. The summed E-state index contributed by atoms with van der Waals surface area (Å²) in [5, 5.41) is 2.75. The van der Waals surface area contributed by atoms with Gasteiger partial charge in [-0.15, -0.1) is 0 Å². The zero-order valence-corrected chi connectivity index (χ0v) is 17.8. The molecule has 0 bridgehead atoms. The first-order valence-corrected chi connectivity index (χ1v) is 10.4. The van der Waals surface area contributed by atoms with Crippen LogP contribution in [0.2, 0.25) is 0 Å². The van der Waals surface area contributed by atoms with E-state index in [0.29, 0.717) is 18.5 Å². The van der Waals surface area contributed by atoms with E-state index in [1.54, 1.807) is 24.3 Å². The van der Waals surface area contributed by atoms with Crippen molar-refractivity contribution in [2.75, 3.05) is 20.3 Å². The summed E-state index contributed by atoms with van der Waals surface area (Å²) in [6.45, 7) is 0.683. The van der Waals surface area contributed by atoms with Crippen LogP contribution in [0.25, 0.3) is 11.1 Å². The third-order valence-corrected chi connectivity index (χ3v) is 5.40. The van der Waals surface area contributed by atoms with E-state index in [1.165, 1.54) is 29.4 Å². The van der Waals surface area contributed by atoms with Gasteiger partial charge in [0.2, 0.25) is 0 Å².